The second-order valence-electron chi connectivity index (χ2n) is 7.92. The second kappa shape index (κ2) is 14.6. The number of methoxy groups -OCH3 is 1. The number of hydrogen-bond acceptors (Lipinski definition) is 8. The number of rotatable bonds is 14. The minimum absolute atomic E-state index is 0.214. The van der Waals surface area contributed by atoms with E-state index in [1.165, 1.54) is 4.90 Å². The van der Waals surface area contributed by atoms with Crippen LogP contribution in [-0.4, -0.2) is 95.2 Å². The van der Waals surface area contributed by atoms with Crippen molar-refractivity contribution in [2.45, 2.75) is 25.4 Å². The molecule has 0 aliphatic carbocycles. The van der Waals surface area contributed by atoms with E-state index in [4.69, 9.17) is 23.7 Å². The number of benzene rings is 1. The number of amides is 3. The van der Waals surface area contributed by atoms with Crippen molar-refractivity contribution in [2.24, 2.45) is 0 Å². The number of imide groups is 1. The molecule has 0 aromatic heterocycles. The SMILES string of the molecule is COCCOCCOCCOCCOCC#Cc1cccc2c1CN(C1CCC(=O)NC1=O)C2=O. The maximum atomic E-state index is 12.8. The first-order valence-corrected chi connectivity index (χ1v) is 11.7. The van der Waals surface area contributed by atoms with Crippen molar-refractivity contribution in [1.82, 2.24) is 10.2 Å². The average Bonchev–Trinajstić information content (AvgIpc) is 3.18. The van der Waals surface area contributed by atoms with E-state index in [1.807, 2.05) is 6.07 Å². The number of carbonyl (C=O) groups is 3. The molecule has 3 rings (SSSR count). The van der Waals surface area contributed by atoms with Gasteiger partial charge in [-0.1, -0.05) is 17.9 Å². The Morgan fingerprint density at radius 1 is 0.943 bits per heavy atom. The van der Waals surface area contributed by atoms with E-state index >= 15 is 0 Å². The van der Waals surface area contributed by atoms with Crippen LogP contribution in [0.3, 0.4) is 0 Å². The standard InChI is InChI=1S/C25H32N2O8/c1-31-10-11-33-14-15-35-17-16-34-13-12-32-9-3-5-19-4-2-6-20-21(19)18-27(25(20)30)22-7-8-23(28)26-24(22)29/h2,4,6,22H,7-18H2,1H3,(H,26,28,29). The van der Waals surface area contributed by atoms with Crippen LogP contribution in [0, 0.1) is 11.8 Å². The summed E-state index contributed by atoms with van der Waals surface area (Å²) in [6.45, 7) is 4.50. The summed E-state index contributed by atoms with van der Waals surface area (Å²) >= 11 is 0. The van der Waals surface area contributed by atoms with Gasteiger partial charge < -0.3 is 28.6 Å². The summed E-state index contributed by atoms with van der Waals surface area (Å²) < 4.78 is 26.5. The van der Waals surface area contributed by atoms with Gasteiger partial charge in [0.05, 0.1) is 52.9 Å². The van der Waals surface area contributed by atoms with Gasteiger partial charge in [0.1, 0.15) is 12.6 Å². The maximum Gasteiger partial charge on any atom is 0.255 e. The summed E-state index contributed by atoms with van der Waals surface area (Å²) in [6, 6.07) is 4.72. The minimum atomic E-state index is -0.642. The molecule has 35 heavy (non-hydrogen) atoms. The summed E-state index contributed by atoms with van der Waals surface area (Å²) in [5, 5.41) is 2.31. The van der Waals surface area contributed by atoms with Crippen LogP contribution in [0.5, 0.6) is 0 Å². The number of fused-ring (bicyclic) bond motifs is 1. The van der Waals surface area contributed by atoms with Crippen LogP contribution < -0.4 is 5.32 Å². The Kier molecular flexibility index (Phi) is 11.1. The Labute approximate surface area is 205 Å². The van der Waals surface area contributed by atoms with Gasteiger partial charge in [-0.3, -0.25) is 19.7 Å². The topological polar surface area (TPSA) is 113 Å². The van der Waals surface area contributed by atoms with Crippen LogP contribution in [0.2, 0.25) is 0 Å². The third kappa shape index (κ3) is 8.13. The molecule has 10 heteroatoms. The lowest BCUT2D eigenvalue weighted by Crippen LogP contribution is -2.52. The minimum Gasteiger partial charge on any atom is -0.382 e. The number of ether oxygens (including phenoxy) is 5. The van der Waals surface area contributed by atoms with Crippen LogP contribution >= 0.6 is 0 Å². The van der Waals surface area contributed by atoms with Gasteiger partial charge in [-0.05, 0) is 24.1 Å². The van der Waals surface area contributed by atoms with Gasteiger partial charge >= 0.3 is 0 Å². The van der Waals surface area contributed by atoms with Gasteiger partial charge in [-0.15, -0.1) is 0 Å². The predicted molar refractivity (Wildman–Crippen MR) is 125 cm³/mol. The van der Waals surface area contributed by atoms with Crippen LogP contribution in [0.4, 0.5) is 0 Å². The van der Waals surface area contributed by atoms with Crippen molar-refractivity contribution in [3.8, 4) is 11.8 Å². The molecule has 1 aromatic rings. The van der Waals surface area contributed by atoms with Gasteiger partial charge in [0.25, 0.3) is 5.91 Å². The van der Waals surface area contributed by atoms with E-state index in [0.717, 1.165) is 11.1 Å². The number of hydrogen-bond donors (Lipinski definition) is 1. The maximum absolute atomic E-state index is 12.8. The number of piperidine rings is 1. The molecule has 1 aromatic carbocycles. The van der Waals surface area contributed by atoms with E-state index < -0.39 is 11.9 Å². The van der Waals surface area contributed by atoms with Crippen LogP contribution in [-0.2, 0) is 39.8 Å². The van der Waals surface area contributed by atoms with Crippen molar-refractivity contribution in [3.05, 3.63) is 34.9 Å². The molecule has 0 saturated carbocycles. The highest BCUT2D eigenvalue weighted by Crippen LogP contribution is 2.29. The summed E-state index contributed by atoms with van der Waals surface area (Å²) in [5.74, 6) is 5.08. The fourth-order valence-corrected chi connectivity index (χ4v) is 3.76. The van der Waals surface area contributed by atoms with Gasteiger partial charge in [-0.25, -0.2) is 0 Å². The van der Waals surface area contributed by atoms with Crippen molar-refractivity contribution in [3.63, 3.8) is 0 Å². The Balaban J connectivity index is 1.33. The Hall–Kier alpha value is -2.81. The van der Waals surface area contributed by atoms with E-state index in [9.17, 15) is 14.4 Å². The molecule has 3 amide bonds. The molecule has 1 atom stereocenters. The number of nitrogens with zero attached hydrogens (tertiary/aromatic N) is 1. The largest absolute Gasteiger partial charge is 0.382 e. The van der Waals surface area contributed by atoms with E-state index in [-0.39, 0.29) is 24.8 Å². The van der Waals surface area contributed by atoms with Gasteiger partial charge in [-0.2, -0.15) is 0 Å². The Morgan fingerprint density at radius 3 is 2.26 bits per heavy atom. The zero-order valence-electron chi connectivity index (χ0n) is 20.0. The molecule has 1 fully saturated rings. The lowest BCUT2D eigenvalue weighted by Gasteiger charge is -2.29. The summed E-state index contributed by atoms with van der Waals surface area (Å²) in [6.07, 6.45) is 0.554. The highest BCUT2D eigenvalue weighted by Gasteiger charge is 2.39. The predicted octanol–water partition coefficient (Wildman–Crippen LogP) is 0.512. The van der Waals surface area contributed by atoms with Gasteiger partial charge in [0.15, 0.2) is 0 Å². The first kappa shape index (κ1) is 26.8. The molecule has 0 bridgehead atoms. The van der Waals surface area contributed by atoms with Gasteiger partial charge in [0, 0.05) is 31.2 Å². The first-order chi connectivity index (χ1) is 17.1. The third-order valence-electron chi connectivity index (χ3n) is 5.53. The Morgan fingerprint density at radius 2 is 1.60 bits per heavy atom. The molecule has 1 saturated heterocycles. The summed E-state index contributed by atoms with van der Waals surface area (Å²) in [4.78, 5) is 38.0. The number of nitrogens with one attached hydrogen (secondary N) is 1. The third-order valence-corrected chi connectivity index (χ3v) is 5.53. The quantitative estimate of drug-likeness (QED) is 0.229. The molecule has 190 valence electrons. The molecule has 1 unspecified atom stereocenters. The molecular weight excluding hydrogens is 456 g/mol. The summed E-state index contributed by atoms with van der Waals surface area (Å²) in [5.41, 5.74) is 2.07. The highest BCUT2D eigenvalue weighted by molar-refractivity contribution is 6.05. The molecular formula is C25H32N2O8. The second-order valence-corrected chi connectivity index (χ2v) is 7.92. The fourth-order valence-electron chi connectivity index (χ4n) is 3.76. The highest BCUT2D eigenvalue weighted by atomic mass is 16.6. The molecule has 0 radical (unpaired) electrons. The Bertz CT molecular complexity index is 939. The van der Waals surface area contributed by atoms with E-state index in [2.05, 4.69) is 17.2 Å². The smallest absolute Gasteiger partial charge is 0.255 e. The monoisotopic (exact) mass is 488 g/mol. The van der Waals surface area contributed by atoms with Crippen LogP contribution in [0.25, 0.3) is 0 Å². The lowest BCUT2D eigenvalue weighted by molar-refractivity contribution is -0.136. The lowest BCUT2D eigenvalue weighted by atomic mass is 10.0. The van der Waals surface area contributed by atoms with E-state index in [1.54, 1.807) is 19.2 Å². The normalized spacial score (nSPS) is 17.2. The summed E-state index contributed by atoms with van der Waals surface area (Å²) in [7, 11) is 1.63. The first-order valence-electron chi connectivity index (χ1n) is 11.7. The molecule has 2 aliphatic heterocycles. The zero-order valence-corrected chi connectivity index (χ0v) is 20.0. The average molecular weight is 489 g/mol. The zero-order chi connectivity index (χ0) is 24.9. The van der Waals surface area contributed by atoms with Crippen molar-refractivity contribution < 1.29 is 38.1 Å². The van der Waals surface area contributed by atoms with Crippen molar-refractivity contribution >= 4 is 17.7 Å². The van der Waals surface area contributed by atoms with Crippen molar-refractivity contribution in [1.29, 1.82) is 0 Å². The molecule has 2 aliphatic rings. The molecule has 2 heterocycles. The van der Waals surface area contributed by atoms with E-state index in [0.29, 0.717) is 71.4 Å². The molecule has 1 N–H and O–H groups in total. The van der Waals surface area contributed by atoms with Crippen LogP contribution in [0.1, 0.15) is 34.3 Å². The van der Waals surface area contributed by atoms with Crippen molar-refractivity contribution in [2.75, 3.05) is 66.6 Å². The fraction of sp³-hybridized carbons (Fsp3) is 0.560. The number of carbonyl (C=O) groups excluding carboxylic acids is 3. The van der Waals surface area contributed by atoms with Crippen LogP contribution in [0.15, 0.2) is 18.2 Å². The van der Waals surface area contributed by atoms with Gasteiger partial charge in [0.2, 0.25) is 11.8 Å². The molecule has 0 spiro atoms. The molecule has 10 nitrogen and oxygen atoms in total.